The lowest BCUT2D eigenvalue weighted by Crippen LogP contribution is -2.56. The molecule has 2 heterocycles. The van der Waals surface area contributed by atoms with Crippen LogP contribution in [0.1, 0.15) is 46.1 Å². The number of morpholine rings is 1. The fraction of sp³-hybridized carbons (Fsp3) is 0.577. The van der Waals surface area contributed by atoms with Crippen LogP contribution in [0, 0.1) is 0 Å². The summed E-state index contributed by atoms with van der Waals surface area (Å²) >= 11 is 6.07. The van der Waals surface area contributed by atoms with Gasteiger partial charge >= 0.3 is 0 Å². The van der Waals surface area contributed by atoms with Crippen molar-refractivity contribution < 1.29 is 9.84 Å². The molecule has 2 saturated heterocycles. The van der Waals surface area contributed by atoms with Gasteiger partial charge in [0.25, 0.3) is 0 Å². The quantitative estimate of drug-likeness (QED) is 0.474. The first-order chi connectivity index (χ1) is 15.2. The predicted octanol–water partition coefficient (Wildman–Crippen LogP) is 4.70. The maximum atomic E-state index is 10.4. The molecule has 0 bridgehead atoms. The highest BCUT2D eigenvalue weighted by molar-refractivity contribution is 6.30. The standard InChI is InChI=1S/C26H38ClN3O2/c1-6-21(26(3,4)31)16-25(28-5)29-13-11-23(12-14-29)30-17-19(2)32-18-24(30)15-20-7-9-22(27)10-8-20/h6-10,16,19,23-24,31H,5,11-15,17-18H2,1-4H3/b21-6+,25-16+/t19-,24-/m0/s1. The maximum absolute atomic E-state index is 10.4. The summed E-state index contributed by atoms with van der Waals surface area (Å²) in [6.07, 6.45) is 7.28. The zero-order chi connectivity index (χ0) is 23.3. The van der Waals surface area contributed by atoms with Gasteiger partial charge in [-0.2, -0.15) is 0 Å². The van der Waals surface area contributed by atoms with E-state index in [1.807, 2.05) is 31.2 Å². The van der Waals surface area contributed by atoms with Crippen LogP contribution < -0.4 is 0 Å². The molecule has 0 aliphatic carbocycles. The fourth-order valence-corrected chi connectivity index (χ4v) is 4.93. The molecule has 1 N–H and O–H groups in total. The molecule has 1 aromatic carbocycles. The van der Waals surface area contributed by atoms with Gasteiger partial charge in [-0.3, -0.25) is 4.90 Å². The summed E-state index contributed by atoms with van der Waals surface area (Å²) < 4.78 is 6.03. The van der Waals surface area contributed by atoms with E-state index >= 15 is 0 Å². The van der Waals surface area contributed by atoms with Gasteiger partial charge in [0.1, 0.15) is 5.82 Å². The van der Waals surface area contributed by atoms with Gasteiger partial charge in [0.05, 0.1) is 18.3 Å². The SMILES string of the molecule is C=N/C(=C\C(=C/C)C(C)(C)O)N1CCC(N2C[C@H](C)OC[C@@H]2Cc2ccc(Cl)cc2)CC1. The largest absolute Gasteiger partial charge is 0.386 e. The minimum absolute atomic E-state index is 0.254. The molecule has 0 saturated carbocycles. The minimum Gasteiger partial charge on any atom is -0.386 e. The van der Waals surface area contributed by atoms with Gasteiger partial charge in [0, 0.05) is 36.7 Å². The summed E-state index contributed by atoms with van der Waals surface area (Å²) in [5.74, 6) is 0.840. The van der Waals surface area contributed by atoms with Crippen molar-refractivity contribution in [3.8, 4) is 0 Å². The molecule has 0 spiro atoms. The summed E-state index contributed by atoms with van der Waals surface area (Å²) in [5, 5.41) is 11.2. The van der Waals surface area contributed by atoms with Crippen LogP contribution in [0.25, 0.3) is 0 Å². The molecule has 0 unspecified atom stereocenters. The van der Waals surface area contributed by atoms with Crippen LogP contribution in [0.5, 0.6) is 0 Å². The Morgan fingerprint density at radius 3 is 2.50 bits per heavy atom. The van der Waals surface area contributed by atoms with Crippen molar-refractivity contribution in [2.75, 3.05) is 26.2 Å². The third-order valence-corrected chi connectivity index (χ3v) is 6.87. The van der Waals surface area contributed by atoms with E-state index in [0.717, 1.165) is 61.9 Å². The van der Waals surface area contributed by atoms with Crippen LogP contribution in [0.3, 0.4) is 0 Å². The van der Waals surface area contributed by atoms with Crippen molar-refractivity contribution in [3.05, 3.63) is 58.4 Å². The van der Waals surface area contributed by atoms with Gasteiger partial charge in [0.2, 0.25) is 0 Å². The molecular formula is C26H38ClN3O2. The second-order valence-corrected chi connectivity index (χ2v) is 9.94. The number of ether oxygens (including phenoxy) is 1. The first kappa shape index (κ1) is 25.0. The zero-order valence-corrected chi connectivity index (χ0v) is 20.7. The third-order valence-electron chi connectivity index (χ3n) is 6.62. The molecule has 5 nitrogen and oxygen atoms in total. The summed E-state index contributed by atoms with van der Waals surface area (Å²) in [7, 11) is 0. The molecule has 2 aliphatic heterocycles. The Labute approximate surface area is 198 Å². The number of hydrogen-bond acceptors (Lipinski definition) is 5. The number of nitrogens with zero attached hydrogens (tertiary/aromatic N) is 3. The second kappa shape index (κ2) is 11.0. The number of hydrogen-bond donors (Lipinski definition) is 1. The van der Waals surface area contributed by atoms with Gasteiger partial charge < -0.3 is 14.7 Å². The van der Waals surface area contributed by atoms with Gasteiger partial charge in [-0.25, -0.2) is 4.99 Å². The van der Waals surface area contributed by atoms with Crippen LogP contribution >= 0.6 is 11.6 Å². The molecule has 2 aliphatic rings. The van der Waals surface area contributed by atoms with E-state index in [2.05, 4.69) is 40.6 Å². The lowest BCUT2D eigenvalue weighted by Gasteiger charge is -2.46. The van der Waals surface area contributed by atoms with Crippen LogP contribution in [0.2, 0.25) is 5.02 Å². The Balaban J connectivity index is 1.67. The number of rotatable bonds is 7. The van der Waals surface area contributed by atoms with E-state index in [1.165, 1.54) is 5.56 Å². The fourth-order valence-electron chi connectivity index (χ4n) is 4.80. The van der Waals surface area contributed by atoms with Crippen LogP contribution in [0.15, 0.2) is 52.8 Å². The number of allylic oxidation sites excluding steroid dienone is 1. The molecule has 0 radical (unpaired) electrons. The molecule has 0 amide bonds. The molecule has 32 heavy (non-hydrogen) atoms. The lowest BCUT2D eigenvalue weighted by molar-refractivity contribution is -0.0785. The first-order valence-corrected chi connectivity index (χ1v) is 12.0. The number of aliphatic imine (C=N–C) groups is 1. The summed E-state index contributed by atoms with van der Waals surface area (Å²) in [5.41, 5.74) is 1.25. The summed E-state index contributed by atoms with van der Waals surface area (Å²) in [6, 6.07) is 9.08. The number of halogens is 1. The van der Waals surface area contributed by atoms with E-state index < -0.39 is 5.60 Å². The van der Waals surface area contributed by atoms with E-state index in [9.17, 15) is 5.11 Å². The van der Waals surface area contributed by atoms with Crippen LogP contribution in [-0.2, 0) is 11.2 Å². The number of aliphatic hydroxyl groups is 1. The molecule has 2 fully saturated rings. The van der Waals surface area contributed by atoms with E-state index in [1.54, 1.807) is 13.8 Å². The highest BCUT2D eigenvalue weighted by Gasteiger charge is 2.34. The molecule has 2 atom stereocenters. The van der Waals surface area contributed by atoms with Crippen molar-refractivity contribution in [1.29, 1.82) is 0 Å². The Bertz CT molecular complexity index is 820. The highest BCUT2D eigenvalue weighted by atomic mass is 35.5. The second-order valence-electron chi connectivity index (χ2n) is 9.51. The van der Waals surface area contributed by atoms with E-state index in [0.29, 0.717) is 12.1 Å². The van der Waals surface area contributed by atoms with Gasteiger partial charge in [-0.05, 0) is 83.0 Å². The maximum Gasteiger partial charge on any atom is 0.128 e. The highest BCUT2D eigenvalue weighted by Crippen LogP contribution is 2.28. The van der Waals surface area contributed by atoms with Crippen molar-refractivity contribution >= 4 is 18.3 Å². The Kier molecular flexibility index (Phi) is 8.56. The topological polar surface area (TPSA) is 48.3 Å². The molecule has 0 aromatic heterocycles. The van der Waals surface area contributed by atoms with Crippen LogP contribution in [0.4, 0.5) is 0 Å². The van der Waals surface area contributed by atoms with Crippen LogP contribution in [-0.4, -0.2) is 71.7 Å². The molecule has 1 aromatic rings. The van der Waals surface area contributed by atoms with Gasteiger partial charge in [-0.15, -0.1) is 0 Å². The predicted molar refractivity (Wildman–Crippen MR) is 133 cm³/mol. The van der Waals surface area contributed by atoms with Gasteiger partial charge in [-0.1, -0.05) is 29.8 Å². The molecule has 3 rings (SSSR count). The van der Waals surface area contributed by atoms with E-state index in [4.69, 9.17) is 16.3 Å². The first-order valence-electron chi connectivity index (χ1n) is 11.7. The third kappa shape index (κ3) is 6.44. The lowest BCUT2D eigenvalue weighted by atomic mass is 9.95. The van der Waals surface area contributed by atoms with Crippen molar-refractivity contribution in [2.24, 2.45) is 4.99 Å². The van der Waals surface area contributed by atoms with Crippen molar-refractivity contribution in [1.82, 2.24) is 9.80 Å². The number of likely N-dealkylation sites (tertiary alicyclic amines) is 1. The smallest absolute Gasteiger partial charge is 0.128 e. The average molecular weight is 460 g/mol. The van der Waals surface area contributed by atoms with E-state index in [-0.39, 0.29) is 6.10 Å². The van der Waals surface area contributed by atoms with Gasteiger partial charge in [0.15, 0.2) is 0 Å². The normalized spacial score (nSPS) is 24.6. The molecular weight excluding hydrogens is 422 g/mol. The summed E-state index contributed by atoms with van der Waals surface area (Å²) in [4.78, 5) is 9.24. The number of benzene rings is 1. The zero-order valence-electron chi connectivity index (χ0n) is 19.9. The Hall–Kier alpha value is -1.66. The molecule has 6 heteroatoms. The Morgan fingerprint density at radius 1 is 1.28 bits per heavy atom. The number of piperidine rings is 1. The summed E-state index contributed by atoms with van der Waals surface area (Å²) in [6.45, 7) is 15.1. The van der Waals surface area contributed by atoms with Crippen molar-refractivity contribution in [2.45, 2.75) is 70.7 Å². The Morgan fingerprint density at radius 2 is 1.94 bits per heavy atom. The minimum atomic E-state index is -0.901. The van der Waals surface area contributed by atoms with Crippen molar-refractivity contribution in [3.63, 3.8) is 0 Å². The monoisotopic (exact) mass is 459 g/mol. The average Bonchev–Trinajstić information content (AvgIpc) is 2.76. The molecule has 176 valence electrons.